The summed E-state index contributed by atoms with van der Waals surface area (Å²) in [6.45, 7) is 0.573. The number of nitro benzene ring substituents is 1. The number of hydrogen-bond acceptors (Lipinski definition) is 6. The molecule has 0 radical (unpaired) electrons. The van der Waals surface area contributed by atoms with Crippen LogP contribution in [0.25, 0.3) is 17.0 Å². The number of nitrogens with zero attached hydrogens (tertiary/aromatic N) is 2. The number of nitro groups is 1. The number of aromatic amines is 1. The lowest BCUT2D eigenvalue weighted by Crippen LogP contribution is -2.18. The molecular formula is C20H14N4O5. The third kappa shape index (κ3) is 3.46. The molecule has 0 spiro atoms. The summed E-state index contributed by atoms with van der Waals surface area (Å²) in [7, 11) is 0. The van der Waals surface area contributed by atoms with E-state index in [9.17, 15) is 20.2 Å². The number of nitriles is 1. The summed E-state index contributed by atoms with van der Waals surface area (Å²) in [6, 6.07) is 11.8. The van der Waals surface area contributed by atoms with Gasteiger partial charge in [-0.25, -0.2) is 0 Å². The van der Waals surface area contributed by atoms with E-state index in [1.807, 2.05) is 30.3 Å². The van der Waals surface area contributed by atoms with Crippen LogP contribution in [0.1, 0.15) is 5.56 Å². The number of carbonyl (C=O) groups excluding carboxylic acids is 1. The van der Waals surface area contributed by atoms with Crippen LogP contribution < -0.4 is 14.8 Å². The summed E-state index contributed by atoms with van der Waals surface area (Å²) in [5.74, 6) is -0.246. The molecule has 2 N–H and O–H groups in total. The van der Waals surface area contributed by atoms with Gasteiger partial charge in [0.1, 0.15) is 30.5 Å². The zero-order valence-corrected chi connectivity index (χ0v) is 15.0. The van der Waals surface area contributed by atoms with Crippen LogP contribution in [-0.4, -0.2) is 29.0 Å². The van der Waals surface area contributed by atoms with Crippen molar-refractivity contribution >= 4 is 34.3 Å². The molecule has 0 aliphatic carbocycles. The molecule has 0 saturated heterocycles. The summed E-state index contributed by atoms with van der Waals surface area (Å²) in [6.07, 6.45) is 3.11. The number of H-pyrrole nitrogens is 1. The second kappa shape index (κ2) is 7.36. The van der Waals surface area contributed by atoms with Gasteiger partial charge in [0, 0.05) is 28.7 Å². The molecule has 1 aliphatic rings. The highest BCUT2D eigenvalue weighted by molar-refractivity contribution is 6.11. The largest absolute Gasteiger partial charge is 0.486 e. The van der Waals surface area contributed by atoms with Crippen molar-refractivity contribution in [1.82, 2.24) is 4.98 Å². The molecule has 1 aromatic heterocycles. The molecule has 9 heteroatoms. The van der Waals surface area contributed by atoms with E-state index in [1.54, 1.807) is 6.20 Å². The first-order chi connectivity index (χ1) is 14.1. The van der Waals surface area contributed by atoms with Crippen LogP contribution in [0, 0.1) is 21.4 Å². The Bertz CT molecular complexity index is 1210. The molecule has 0 unspecified atom stereocenters. The quantitative estimate of drug-likeness (QED) is 0.304. The molecular weight excluding hydrogens is 376 g/mol. The molecule has 2 aromatic carbocycles. The molecule has 9 nitrogen and oxygen atoms in total. The summed E-state index contributed by atoms with van der Waals surface area (Å²) in [5, 5.41) is 24.1. The van der Waals surface area contributed by atoms with Crippen LogP contribution in [0.2, 0.25) is 0 Å². The van der Waals surface area contributed by atoms with Gasteiger partial charge in [-0.05, 0) is 12.1 Å². The number of ether oxygens (including phenoxy) is 2. The lowest BCUT2D eigenvalue weighted by Gasteiger charge is -2.19. The Kier molecular flexibility index (Phi) is 4.58. The van der Waals surface area contributed by atoms with Gasteiger partial charge in [-0.1, -0.05) is 18.2 Å². The summed E-state index contributed by atoms with van der Waals surface area (Å²) >= 11 is 0. The average molecular weight is 390 g/mol. The minimum Gasteiger partial charge on any atom is -0.486 e. The lowest BCUT2D eigenvalue weighted by molar-refractivity contribution is -0.384. The highest BCUT2D eigenvalue weighted by Crippen LogP contribution is 2.39. The SMILES string of the molecule is N#C/C(=C\c1c[nH]c2ccccc12)C(=O)Nc1cc2c(cc1[N+](=O)[O-])OCCO2. The Labute approximate surface area is 164 Å². The maximum Gasteiger partial charge on any atom is 0.296 e. The fraction of sp³-hybridized carbons (Fsp3) is 0.100. The Balaban J connectivity index is 1.67. The predicted molar refractivity (Wildman–Crippen MR) is 105 cm³/mol. The molecule has 4 rings (SSSR count). The third-order valence-electron chi connectivity index (χ3n) is 4.39. The fourth-order valence-corrected chi connectivity index (χ4v) is 3.04. The van der Waals surface area contributed by atoms with E-state index < -0.39 is 10.8 Å². The summed E-state index contributed by atoms with van der Waals surface area (Å²) in [4.78, 5) is 26.5. The van der Waals surface area contributed by atoms with Crippen LogP contribution in [0.4, 0.5) is 11.4 Å². The number of carbonyl (C=O) groups is 1. The van der Waals surface area contributed by atoms with E-state index in [-0.39, 0.29) is 35.1 Å². The molecule has 1 amide bonds. The van der Waals surface area contributed by atoms with E-state index in [4.69, 9.17) is 9.47 Å². The molecule has 0 atom stereocenters. The first-order valence-electron chi connectivity index (χ1n) is 8.64. The zero-order valence-electron chi connectivity index (χ0n) is 15.0. The van der Waals surface area contributed by atoms with Crippen LogP contribution in [-0.2, 0) is 4.79 Å². The van der Waals surface area contributed by atoms with Crippen LogP contribution in [0.15, 0.2) is 48.2 Å². The molecule has 1 aliphatic heterocycles. The fourth-order valence-electron chi connectivity index (χ4n) is 3.04. The monoisotopic (exact) mass is 390 g/mol. The first kappa shape index (κ1) is 18.1. The summed E-state index contributed by atoms with van der Waals surface area (Å²) in [5.41, 5.74) is 0.887. The van der Waals surface area contributed by atoms with Crippen LogP contribution in [0.3, 0.4) is 0 Å². The molecule has 0 bridgehead atoms. The molecule has 144 valence electrons. The van der Waals surface area contributed by atoms with E-state index in [2.05, 4.69) is 10.3 Å². The Morgan fingerprint density at radius 2 is 1.97 bits per heavy atom. The molecule has 0 fully saturated rings. The maximum absolute atomic E-state index is 12.6. The standard InChI is InChI=1S/C20H14N4O5/c21-10-12(7-13-11-22-15-4-2-1-3-14(13)15)20(25)23-16-8-18-19(29-6-5-28-18)9-17(16)24(26)27/h1-4,7-9,11,22H,5-6H2,(H,23,25)/b12-7+. The Morgan fingerprint density at radius 3 is 2.69 bits per heavy atom. The number of fused-ring (bicyclic) bond motifs is 2. The van der Waals surface area contributed by atoms with E-state index >= 15 is 0 Å². The van der Waals surface area contributed by atoms with Gasteiger partial charge < -0.3 is 19.8 Å². The van der Waals surface area contributed by atoms with Gasteiger partial charge in [0.25, 0.3) is 11.6 Å². The van der Waals surface area contributed by atoms with Crippen LogP contribution >= 0.6 is 0 Å². The minimum atomic E-state index is -0.766. The number of rotatable bonds is 4. The number of benzene rings is 2. The zero-order chi connectivity index (χ0) is 20.4. The Morgan fingerprint density at radius 1 is 1.24 bits per heavy atom. The van der Waals surface area contributed by atoms with Gasteiger partial charge in [-0.3, -0.25) is 14.9 Å². The van der Waals surface area contributed by atoms with Gasteiger partial charge in [0.15, 0.2) is 11.5 Å². The number of nitrogens with one attached hydrogen (secondary N) is 2. The highest BCUT2D eigenvalue weighted by atomic mass is 16.6. The number of anilines is 1. The topological polar surface area (TPSA) is 130 Å². The third-order valence-corrected chi connectivity index (χ3v) is 4.39. The van der Waals surface area contributed by atoms with Crippen molar-refractivity contribution in [2.45, 2.75) is 0 Å². The maximum atomic E-state index is 12.6. The van der Waals surface area contributed by atoms with Crippen molar-refractivity contribution in [3.63, 3.8) is 0 Å². The van der Waals surface area contributed by atoms with Gasteiger partial charge in [-0.15, -0.1) is 0 Å². The molecule has 3 aromatic rings. The van der Waals surface area contributed by atoms with E-state index in [0.29, 0.717) is 12.2 Å². The second-order valence-electron chi connectivity index (χ2n) is 6.18. The number of aromatic nitrogens is 1. The van der Waals surface area contributed by atoms with Crippen molar-refractivity contribution in [3.8, 4) is 17.6 Å². The van der Waals surface area contributed by atoms with E-state index in [0.717, 1.165) is 10.9 Å². The van der Waals surface area contributed by atoms with Crippen molar-refractivity contribution in [2.24, 2.45) is 0 Å². The average Bonchev–Trinajstić information content (AvgIpc) is 3.14. The van der Waals surface area contributed by atoms with Crippen molar-refractivity contribution in [3.05, 3.63) is 63.8 Å². The van der Waals surface area contributed by atoms with Gasteiger partial charge in [0.05, 0.1) is 11.0 Å². The normalized spacial score (nSPS) is 13.0. The lowest BCUT2D eigenvalue weighted by atomic mass is 10.1. The van der Waals surface area contributed by atoms with Crippen molar-refractivity contribution in [2.75, 3.05) is 18.5 Å². The minimum absolute atomic E-state index is 0.0793. The highest BCUT2D eigenvalue weighted by Gasteiger charge is 2.24. The van der Waals surface area contributed by atoms with Gasteiger partial charge >= 0.3 is 0 Å². The summed E-state index contributed by atoms with van der Waals surface area (Å²) < 4.78 is 10.8. The molecule has 29 heavy (non-hydrogen) atoms. The van der Waals surface area contributed by atoms with Crippen molar-refractivity contribution in [1.29, 1.82) is 5.26 Å². The number of hydrogen-bond donors (Lipinski definition) is 2. The van der Waals surface area contributed by atoms with Gasteiger partial charge in [0.2, 0.25) is 0 Å². The second-order valence-corrected chi connectivity index (χ2v) is 6.18. The van der Waals surface area contributed by atoms with Gasteiger partial charge in [-0.2, -0.15) is 5.26 Å². The van der Waals surface area contributed by atoms with E-state index in [1.165, 1.54) is 18.2 Å². The number of para-hydroxylation sites is 1. The van der Waals surface area contributed by atoms with Crippen LogP contribution in [0.5, 0.6) is 11.5 Å². The predicted octanol–water partition coefficient (Wildman–Crippen LogP) is 3.39. The first-order valence-corrected chi connectivity index (χ1v) is 8.64. The molecule has 2 heterocycles. The Hall–Kier alpha value is -4.32. The smallest absolute Gasteiger partial charge is 0.296 e. The van der Waals surface area contributed by atoms with Crippen molar-refractivity contribution < 1.29 is 19.2 Å². The number of amides is 1. The molecule has 0 saturated carbocycles.